The number of halogens is 2. The average molecular weight is 373 g/mol. The Hall–Kier alpha value is -1.80. The van der Waals surface area contributed by atoms with Gasteiger partial charge in [0.1, 0.15) is 5.78 Å². The first-order valence-corrected chi connectivity index (χ1v) is 9.13. The van der Waals surface area contributed by atoms with Crippen molar-refractivity contribution in [1.82, 2.24) is 10.1 Å². The van der Waals surface area contributed by atoms with Crippen LogP contribution < -0.4 is 0 Å². The number of sulfone groups is 1. The van der Waals surface area contributed by atoms with Crippen molar-refractivity contribution >= 4 is 27.2 Å². The summed E-state index contributed by atoms with van der Waals surface area (Å²) >= 11 is 5.84. The van der Waals surface area contributed by atoms with Crippen molar-refractivity contribution in [2.24, 2.45) is 5.92 Å². The number of ketones is 1. The van der Waals surface area contributed by atoms with Gasteiger partial charge in [-0.3, -0.25) is 4.79 Å². The summed E-state index contributed by atoms with van der Waals surface area (Å²) in [4.78, 5) is 15.1. The van der Waals surface area contributed by atoms with E-state index < -0.39 is 26.6 Å². The van der Waals surface area contributed by atoms with E-state index in [-0.39, 0.29) is 40.8 Å². The van der Waals surface area contributed by atoms with Gasteiger partial charge in [0.2, 0.25) is 9.84 Å². The van der Waals surface area contributed by atoms with Gasteiger partial charge in [-0.2, -0.15) is 4.98 Å². The van der Waals surface area contributed by atoms with Crippen molar-refractivity contribution in [3.05, 3.63) is 41.0 Å². The second-order valence-corrected chi connectivity index (χ2v) is 8.24. The van der Waals surface area contributed by atoms with Crippen molar-refractivity contribution in [3.8, 4) is 0 Å². The molecule has 6 nitrogen and oxygen atoms in total. The third kappa shape index (κ3) is 2.63. The monoisotopic (exact) mass is 372 g/mol. The van der Waals surface area contributed by atoms with Gasteiger partial charge < -0.3 is 4.52 Å². The van der Waals surface area contributed by atoms with Crippen LogP contribution in [-0.4, -0.2) is 24.3 Å². The first-order valence-electron chi connectivity index (χ1n) is 7.26. The Bertz CT molecular complexity index is 898. The number of nitrogens with zero attached hydrogens (tertiary/aromatic N) is 2. The quantitative estimate of drug-likeness (QED) is 0.819. The predicted octanol–water partition coefficient (Wildman–Crippen LogP) is 3.00. The first-order chi connectivity index (χ1) is 11.2. The molecule has 0 aliphatic heterocycles. The lowest BCUT2D eigenvalue weighted by Crippen LogP contribution is -2.38. The Morgan fingerprint density at radius 1 is 1.42 bits per heavy atom. The number of hydrogen-bond donors (Lipinski definition) is 0. The maximum absolute atomic E-state index is 16.0. The largest absolute Gasteiger partial charge is 0.335 e. The fourth-order valence-electron chi connectivity index (χ4n) is 2.88. The van der Waals surface area contributed by atoms with E-state index in [1.54, 1.807) is 0 Å². The van der Waals surface area contributed by atoms with Crippen molar-refractivity contribution in [2.45, 2.75) is 36.1 Å². The second-order valence-electron chi connectivity index (χ2n) is 5.73. The summed E-state index contributed by atoms with van der Waals surface area (Å²) in [5.41, 5.74) is 0. The summed E-state index contributed by atoms with van der Waals surface area (Å²) in [6, 6.07) is 5.30. The van der Waals surface area contributed by atoms with Crippen LogP contribution in [-0.2, 0) is 19.6 Å². The van der Waals surface area contributed by atoms with E-state index >= 15 is 4.39 Å². The van der Waals surface area contributed by atoms with Crippen LogP contribution in [0, 0.1) is 12.8 Å². The van der Waals surface area contributed by atoms with E-state index in [1.165, 1.54) is 25.1 Å². The third-order valence-electron chi connectivity index (χ3n) is 4.09. The maximum Gasteiger partial charge on any atom is 0.295 e. The molecule has 0 saturated heterocycles. The van der Waals surface area contributed by atoms with Crippen LogP contribution in [0.4, 0.5) is 4.39 Å². The standard InChI is InChI=1S/C15H14ClFN2O4S/c1-9-18-14(23-19-9)15(17,10-5-6-12(20)7-10)24(21,22)13-4-2-3-11(16)8-13/h2-4,8,10H,5-7H2,1H3/t10-,15?/m0/s1. The third-order valence-corrected chi connectivity index (χ3v) is 6.49. The normalized spacial score (nSPS) is 21.0. The molecule has 1 unspecified atom stereocenters. The number of aromatic nitrogens is 2. The highest BCUT2D eigenvalue weighted by atomic mass is 35.5. The summed E-state index contributed by atoms with van der Waals surface area (Å²) < 4.78 is 47.0. The Morgan fingerprint density at radius 3 is 2.71 bits per heavy atom. The van der Waals surface area contributed by atoms with Crippen LogP contribution in [0.25, 0.3) is 0 Å². The minimum atomic E-state index is -4.57. The molecule has 128 valence electrons. The van der Waals surface area contributed by atoms with Crippen LogP contribution in [0.2, 0.25) is 5.02 Å². The lowest BCUT2D eigenvalue weighted by atomic mass is 10.0. The van der Waals surface area contributed by atoms with Gasteiger partial charge in [0.25, 0.3) is 10.9 Å². The van der Waals surface area contributed by atoms with Gasteiger partial charge in [0.05, 0.1) is 4.90 Å². The SMILES string of the molecule is Cc1noc(C(F)([C@H]2CCC(=O)C2)S(=O)(=O)c2cccc(Cl)c2)n1. The molecule has 1 saturated carbocycles. The fourth-order valence-corrected chi connectivity index (χ4v) is 4.97. The highest BCUT2D eigenvalue weighted by Gasteiger charge is 2.59. The minimum absolute atomic E-state index is 0.0938. The molecule has 9 heteroatoms. The minimum Gasteiger partial charge on any atom is -0.335 e. The highest BCUT2D eigenvalue weighted by Crippen LogP contribution is 2.48. The van der Waals surface area contributed by atoms with E-state index in [4.69, 9.17) is 16.1 Å². The molecule has 0 N–H and O–H groups in total. The van der Waals surface area contributed by atoms with Gasteiger partial charge in [-0.15, -0.1) is 0 Å². The first kappa shape index (κ1) is 17.0. The van der Waals surface area contributed by atoms with Crippen LogP contribution in [0.1, 0.15) is 31.0 Å². The van der Waals surface area contributed by atoms with Crippen molar-refractivity contribution < 1.29 is 22.1 Å². The Labute approximate surface area is 142 Å². The zero-order chi connectivity index (χ0) is 17.5. The second kappa shape index (κ2) is 5.93. The summed E-state index contributed by atoms with van der Waals surface area (Å²) in [7, 11) is -4.57. The molecule has 2 aromatic rings. The predicted molar refractivity (Wildman–Crippen MR) is 82.8 cm³/mol. The number of hydrogen-bond acceptors (Lipinski definition) is 6. The molecule has 2 atom stereocenters. The summed E-state index contributed by atoms with van der Waals surface area (Å²) in [5, 5.41) is 0.671. The molecule has 1 aliphatic carbocycles. The molecule has 1 aromatic heterocycles. The number of rotatable bonds is 4. The molecule has 3 rings (SSSR count). The van der Waals surface area contributed by atoms with E-state index in [0.29, 0.717) is 0 Å². The average Bonchev–Trinajstić information content (AvgIpc) is 3.15. The van der Waals surface area contributed by atoms with E-state index in [9.17, 15) is 13.2 Å². The topological polar surface area (TPSA) is 90.1 Å². The van der Waals surface area contributed by atoms with E-state index in [1.807, 2.05) is 0 Å². The zero-order valence-electron chi connectivity index (χ0n) is 12.7. The van der Waals surface area contributed by atoms with Gasteiger partial charge in [-0.1, -0.05) is 22.8 Å². The summed E-state index contributed by atoms with van der Waals surface area (Å²) in [6.07, 6.45) is 0.0167. The van der Waals surface area contributed by atoms with Gasteiger partial charge in [0.15, 0.2) is 5.82 Å². The smallest absolute Gasteiger partial charge is 0.295 e. The number of carbonyl (C=O) groups is 1. The number of aryl methyl sites for hydroxylation is 1. The van der Waals surface area contributed by atoms with Crippen molar-refractivity contribution in [2.75, 3.05) is 0 Å². The summed E-state index contributed by atoms with van der Waals surface area (Å²) in [6.45, 7) is 1.46. The molecular formula is C15H14ClFN2O4S. The van der Waals surface area contributed by atoms with Crippen molar-refractivity contribution in [3.63, 3.8) is 0 Å². The van der Waals surface area contributed by atoms with Gasteiger partial charge in [-0.25, -0.2) is 12.8 Å². The van der Waals surface area contributed by atoms with Crippen LogP contribution in [0.3, 0.4) is 0 Å². The van der Waals surface area contributed by atoms with E-state index in [0.717, 1.165) is 6.07 Å². The molecule has 1 aromatic carbocycles. The number of benzene rings is 1. The molecule has 0 radical (unpaired) electrons. The zero-order valence-corrected chi connectivity index (χ0v) is 14.3. The number of alkyl halides is 1. The molecule has 1 heterocycles. The fraction of sp³-hybridized carbons (Fsp3) is 0.400. The Morgan fingerprint density at radius 2 is 2.17 bits per heavy atom. The summed E-state index contributed by atoms with van der Waals surface area (Å²) in [5.74, 6) is -1.83. The Kier molecular flexibility index (Phi) is 4.21. The molecule has 0 spiro atoms. The lowest BCUT2D eigenvalue weighted by Gasteiger charge is -2.27. The molecule has 0 bridgehead atoms. The molecule has 1 aliphatic rings. The molecular weight excluding hydrogens is 359 g/mol. The number of Topliss-reactive ketones (excluding diaryl/α,β-unsaturated/α-hetero) is 1. The Balaban J connectivity index is 2.19. The molecule has 0 amide bonds. The number of carbonyl (C=O) groups excluding carboxylic acids is 1. The van der Waals surface area contributed by atoms with Gasteiger partial charge in [0, 0.05) is 23.8 Å². The maximum atomic E-state index is 16.0. The molecule has 24 heavy (non-hydrogen) atoms. The van der Waals surface area contributed by atoms with Gasteiger partial charge >= 0.3 is 0 Å². The highest BCUT2D eigenvalue weighted by molar-refractivity contribution is 7.92. The van der Waals surface area contributed by atoms with Crippen LogP contribution in [0.5, 0.6) is 0 Å². The van der Waals surface area contributed by atoms with Crippen LogP contribution in [0.15, 0.2) is 33.7 Å². The lowest BCUT2D eigenvalue weighted by molar-refractivity contribution is -0.117. The van der Waals surface area contributed by atoms with Gasteiger partial charge in [-0.05, 0) is 31.5 Å². The van der Waals surface area contributed by atoms with Crippen LogP contribution >= 0.6 is 11.6 Å². The molecule has 1 fully saturated rings. The van der Waals surface area contributed by atoms with E-state index in [2.05, 4.69) is 10.1 Å². The van der Waals surface area contributed by atoms with Crippen molar-refractivity contribution in [1.29, 1.82) is 0 Å².